The molecule has 49 heavy (non-hydrogen) atoms. The number of ether oxygens (including phenoxy) is 2. The van der Waals surface area contributed by atoms with Crippen LogP contribution >= 0.6 is 11.9 Å². The molecule has 0 unspecified atom stereocenters. The van der Waals surface area contributed by atoms with E-state index < -0.39 is 41.9 Å². The van der Waals surface area contributed by atoms with Crippen LogP contribution in [-0.2, 0) is 10.7 Å². The Labute approximate surface area is 287 Å². The number of hydrogen-bond donors (Lipinski definition) is 2. The molecule has 0 aliphatic rings. The summed E-state index contributed by atoms with van der Waals surface area (Å²) in [7, 11) is 0. The van der Waals surface area contributed by atoms with Gasteiger partial charge in [0.1, 0.15) is 29.8 Å². The highest BCUT2D eigenvalue weighted by Crippen LogP contribution is 2.39. The number of aliphatic hydroxyl groups is 1. The minimum absolute atomic E-state index is 0.00274. The number of halogens is 5. The highest BCUT2D eigenvalue weighted by molar-refractivity contribution is 7.97. The minimum Gasteiger partial charge on any atom is -0.476 e. The fourth-order valence-electron chi connectivity index (χ4n) is 4.50. The molecule has 16 heteroatoms. The molecule has 1 aromatic carbocycles. The molecule has 2 aromatic heterocycles. The number of aliphatic imine (C=N–C) groups is 2. The molecule has 0 bridgehead atoms. The number of pyridine rings is 1. The van der Waals surface area contributed by atoms with Crippen LogP contribution in [0.3, 0.4) is 0 Å². The van der Waals surface area contributed by atoms with Crippen molar-refractivity contribution in [2.75, 3.05) is 37.8 Å². The predicted molar refractivity (Wildman–Crippen MR) is 183 cm³/mol. The predicted octanol–water partition coefficient (Wildman–Crippen LogP) is 7.06. The average molecular weight is 712 g/mol. The van der Waals surface area contributed by atoms with Crippen LogP contribution in [0.1, 0.15) is 52.2 Å². The van der Waals surface area contributed by atoms with E-state index >= 15 is 8.78 Å². The van der Waals surface area contributed by atoms with E-state index in [9.17, 15) is 18.3 Å². The first kappa shape index (κ1) is 39.6. The summed E-state index contributed by atoms with van der Waals surface area (Å²) in [5.74, 6) is -3.03. The smallest absolute Gasteiger partial charge is 0.397 e. The summed E-state index contributed by atoms with van der Waals surface area (Å²) in [5, 5.41) is 20.8. The van der Waals surface area contributed by atoms with E-state index in [4.69, 9.17) is 14.6 Å². The van der Waals surface area contributed by atoms with Crippen LogP contribution in [0.4, 0.5) is 27.8 Å². The van der Waals surface area contributed by atoms with Gasteiger partial charge in [-0.2, -0.15) is 22.0 Å². The van der Waals surface area contributed by atoms with Gasteiger partial charge < -0.3 is 19.5 Å². The molecule has 0 aliphatic heterocycles. The highest BCUT2D eigenvalue weighted by atomic mass is 32.2. The molecule has 0 fully saturated rings. The Hall–Kier alpha value is -3.86. The van der Waals surface area contributed by atoms with Gasteiger partial charge in [0.15, 0.2) is 5.82 Å². The van der Waals surface area contributed by atoms with Gasteiger partial charge in [-0.3, -0.25) is 10.1 Å². The number of nitrogens with zero attached hydrogens (tertiary/aromatic N) is 6. The van der Waals surface area contributed by atoms with Gasteiger partial charge in [-0.15, -0.1) is 5.10 Å². The van der Waals surface area contributed by atoms with Gasteiger partial charge in [-0.05, 0) is 71.8 Å². The van der Waals surface area contributed by atoms with Crippen molar-refractivity contribution < 1.29 is 36.5 Å². The summed E-state index contributed by atoms with van der Waals surface area (Å²) in [5.41, 5.74) is -3.64. The summed E-state index contributed by atoms with van der Waals surface area (Å²) >= 11 is 0.989. The second-order valence-electron chi connectivity index (χ2n) is 12.3. The lowest BCUT2D eigenvalue weighted by Crippen LogP contribution is -2.40. The van der Waals surface area contributed by atoms with Crippen LogP contribution in [0.2, 0.25) is 0 Å². The Bertz CT molecular complexity index is 1600. The average Bonchev–Trinajstić information content (AvgIpc) is 3.51. The highest BCUT2D eigenvalue weighted by Gasteiger charge is 2.48. The van der Waals surface area contributed by atoms with Crippen molar-refractivity contribution >= 4 is 42.2 Å². The van der Waals surface area contributed by atoms with E-state index in [0.717, 1.165) is 25.8 Å². The van der Waals surface area contributed by atoms with E-state index in [0.29, 0.717) is 23.8 Å². The lowest BCUT2D eigenvalue weighted by molar-refractivity contribution is -0.219. The molecule has 0 radical (unpaired) electrons. The quantitative estimate of drug-likeness (QED) is 0.0623. The second kappa shape index (κ2) is 16.7. The Balaban J connectivity index is 1.79. The first-order valence-electron chi connectivity index (χ1n) is 15.2. The zero-order chi connectivity index (χ0) is 36.5. The van der Waals surface area contributed by atoms with Crippen molar-refractivity contribution in [1.29, 1.82) is 0 Å². The van der Waals surface area contributed by atoms with Crippen molar-refractivity contribution in [3.8, 4) is 5.88 Å². The molecule has 2 heterocycles. The summed E-state index contributed by atoms with van der Waals surface area (Å²) < 4.78 is 83.4. The third-order valence-corrected chi connectivity index (χ3v) is 7.53. The van der Waals surface area contributed by atoms with Gasteiger partial charge in [0, 0.05) is 49.3 Å². The van der Waals surface area contributed by atoms with E-state index in [1.807, 2.05) is 4.90 Å². The van der Waals surface area contributed by atoms with Crippen molar-refractivity contribution in [1.82, 2.24) is 14.8 Å². The van der Waals surface area contributed by atoms with Gasteiger partial charge in [-0.25, -0.2) is 14.7 Å². The van der Waals surface area contributed by atoms with Crippen molar-refractivity contribution in [3.63, 3.8) is 0 Å². The molecule has 3 rings (SSSR count). The molecule has 268 valence electrons. The van der Waals surface area contributed by atoms with Crippen LogP contribution in [0, 0.1) is 5.41 Å². The summed E-state index contributed by atoms with van der Waals surface area (Å²) in [4.78, 5) is 14.6. The van der Waals surface area contributed by atoms with Gasteiger partial charge in [-0.1, -0.05) is 30.3 Å². The molecular weight excluding hydrogens is 669 g/mol. The number of benzene rings is 1. The van der Waals surface area contributed by atoms with Gasteiger partial charge in [0.05, 0.1) is 11.0 Å². The zero-order valence-corrected chi connectivity index (χ0v) is 28.9. The Kier molecular flexibility index (Phi) is 13.5. The fourth-order valence-corrected chi connectivity index (χ4v) is 4.80. The normalized spacial score (nSPS) is 13.5. The number of nitrogens with two attached hydrogens (primary N) is 1. The minimum atomic E-state index is -4.50. The fraction of sp³-hybridized carbons (Fsp3) is 0.455. The molecule has 3 N–H and O–H groups in total. The number of hydrogen-bond acceptors (Lipinski definition) is 10. The van der Waals surface area contributed by atoms with Gasteiger partial charge >= 0.3 is 6.18 Å². The van der Waals surface area contributed by atoms with E-state index in [2.05, 4.69) is 26.8 Å². The molecule has 3 aromatic rings. The topological polar surface area (TPSA) is 123 Å². The molecule has 0 atom stereocenters. The third-order valence-electron chi connectivity index (χ3n) is 7.06. The molecule has 0 amide bonds. The van der Waals surface area contributed by atoms with E-state index in [1.54, 1.807) is 45.0 Å². The largest absolute Gasteiger partial charge is 0.476 e. The maximum absolute atomic E-state index is 15.8. The maximum Gasteiger partial charge on any atom is 0.397 e. The van der Waals surface area contributed by atoms with Crippen LogP contribution in [-0.4, -0.2) is 77.5 Å². The summed E-state index contributed by atoms with van der Waals surface area (Å²) in [6, 6.07) is 12.3. The van der Waals surface area contributed by atoms with Crippen LogP contribution in [0.5, 0.6) is 5.88 Å². The number of alkyl halides is 5. The number of aromatic nitrogens is 3. The Morgan fingerprint density at radius 2 is 1.78 bits per heavy atom. The molecule has 0 saturated carbocycles. The second-order valence-corrected chi connectivity index (χ2v) is 13.0. The van der Waals surface area contributed by atoms with Crippen LogP contribution in [0.25, 0.3) is 11.5 Å². The number of rotatable bonds is 18. The molecular formula is C33H42F5N7O3S. The van der Waals surface area contributed by atoms with Crippen molar-refractivity contribution in [2.45, 2.75) is 63.8 Å². The molecule has 0 spiro atoms. The van der Waals surface area contributed by atoms with Gasteiger partial charge in [0.25, 0.3) is 5.92 Å². The monoisotopic (exact) mass is 711 g/mol. The van der Waals surface area contributed by atoms with Crippen LogP contribution < -0.4 is 14.8 Å². The summed E-state index contributed by atoms with van der Waals surface area (Å²) in [6.45, 7) is 9.44. The maximum atomic E-state index is 15.8. The first-order valence-corrected chi connectivity index (χ1v) is 16.1. The van der Waals surface area contributed by atoms with Gasteiger partial charge in [0.2, 0.25) is 5.88 Å². The van der Waals surface area contributed by atoms with Crippen molar-refractivity contribution in [2.24, 2.45) is 20.5 Å². The standard InChI is InChI=1S/C33H42F5N7O3S/c1-7-41-29(45-18-16-26(43-45)48-21-30(2,3)33(36,37)38)28(40-6)23-12-8-9-13-24(23)32(34,35)22-47-19-11-17-44(20-31(4,5)46)25-14-10-15-27(42-25)49-39/h7-10,12-16,18,46H,6,11,17,19-22,39H2,1-5H3/b29-28+,41-7-. The Morgan fingerprint density at radius 1 is 1.06 bits per heavy atom. The van der Waals surface area contributed by atoms with Crippen LogP contribution in [0.15, 0.2) is 69.7 Å². The SMILES string of the molecule is C=N/C(=C(\N=C/C)n1ccc(OCC(C)(C)C(F)(F)F)n1)c1ccccc1C(F)(F)COCCCN(CC(C)(C)O)c1cccc(SN)n1. The summed E-state index contributed by atoms with van der Waals surface area (Å²) in [6.07, 6.45) is -1.39. The van der Waals surface area contributed by atoms with E-state index in [1.165, 1.54) is 41.4 Å². The molecule has 0 saturated heterocycles. The lowest BCUT2D eigenvalue weighted by Gasteiger charge is -2.30. The third kappa shape index (κ3) is 11.1. The first-order chi connectivity index (χ1) is 22.9. The zero-order valence-electron chi connectivity index (χ0n) is 28.0. The molecule has 0 aliphatic carbocycles. The van der Waals surface area contributed by atoms with Crippen molar-refractivity contribution in [3.05, 3.63) is 65.9 Å². The lowest BCUT2D eigenvalue weighted by atomic mass is 9.94. The van der Waals surface area contributed by atoms with E-state index in [-0.39, 0.29) is 36.1 Å². The Morgan fingerprint density at radius 3 is 2.41 bits per heavy atom. The molecule has 10 nitrogen and oxygen atoms in total. The number of anilines is 1.